The van der Waals surface area contributed by atoms with Crippen molar-refractivity contribution in [3.63, 3.8) is 0 Å². The van der Waals surface area contributed by atoms with Crippen LogP contribution in [0.1, 0.15) is 6.92 Å². The Kier molecular flexibility index (Phi) is 5.51. The molecule has 0 aliphatic rings. The maximum Gasteiger partial charge on any atom is 0.237 e. The monoisotopic (exact) mass is 343 g/mol. The van der Waals surface area contributed by atoms with E-state index in [0.29, 0.717) is 20.6 Å². The fourth-order valence-electron chi connectivity index (χ4n) is 1.60. The standard InChI is InChI=1S/C15H12Cl2FNOS/c1-9(21-14-12(16)3-2-4-13(14)17)15(20)19-11-7-5-10(18)6-8-11/h2-9H,1H3,(H,19,20)/t9-/m1/s1. The van der Waals surface area contributed by atoms with Gasteiger partial charge in [0.25, 0.3) is 0 Å². The third-order valence-corrected chi connectivity index (χ3v) is 4.79. The highest BCUT2D eigenvalue weighted by atomic mass is 35.5. The fourth-order valence-corrected chi connectivity index (χ4v) is 3.15. The molecule has 0 heterocycles. The second-order valence-electron chi connectivity index (χ2n) is 4.31. The average Bonchev–Trinajstić information content (AvgIpc) is 2.45. The molecule has 0 bridgehead atoms. The van der Waals surface area contributed by atoms with Crippen LogP contribution in [0.3, 0.4) is 0 Å². The largest absolute Gasteiger partial charge is 0.325 e. The molecule has 2 aromatic carbocycles. The summed E-state index contributed by atoms with van der Waals surface area (Å²) in [4.78, 5) is 12.8. The van der Waals surface area contributed by atoms with Gasteiger partial charge in [0.15, 0.2) is 0 Å². The molecule has 0 aliphatic heterocycles. The molecule has 2 nitrogen and oxygen atoms in total. The lowest BCUT2D eigenvalue weighted by molar-refractivity contribution is -0.115. The molecule has 1 amide bonds. The number of halogens is 3. The number of benzene rings is 2. The van der Waals surface area contributed by atoms with Crippen LogP contribution in [0.25, 0.3) is 0 Å². The van der Waals surface area contributed by atoms with E-state index >= 15 is 0 Å². The Balaban J connectivity index is 2.04. The summed E-state index contributed by atoms with van der Waals surface area (Å²) in [6.45, 7) is 1.75. The fraction of sp³-hybridized carbons (Fsp3) is 0.133. The van der Waals surface area contributed by atoms with Gasteiger partial charge in [0.2, 0.25) is 5.91 Å². The molecule has 110 valence electrons. The smallest absolute Gasteiger partial charge is 0.237 e. The molecule has 21 heavy (non-hydrogen) atoms. The van der Waals surface area contributed by atoms with Crippen molar-refractivity contribution in [2.75, 3.05) is 5.32 Å². The minimum atomic E-state index is -0.396. The van der Waals surface area contributed by atoms with Crippen molar-refractivity contribution in [1.82, 2.24) is 0 Å². The summed E-state index contributed by atoms with van der Waals surface area (Å²) in [7, 11) is 0. The van der Waals surface area contributed by atoms with Crippen LogP contribution < -0.4 is 5.32 Å². The summed E-state index contributed by atoms with van der Waals surface area (Å²) in [5, 5.41) is 3.34. The van der Waals surface area contributed by atoms with E-state index in [0.717, 1.165) is 0 Å². The quantitative estimate of drug-likeness (QED) is 0.768. The van der Waals surface area contributed by atoms with E-state index in [-0.39, 0.29) is 11.7 Å². The number of hydrogen-bond donors (Lipinski definition) is 1. The van der Waals surface area contributed by atoms with Gasteiger partial charge in [-0.05, 0) is 43.3 Å². The van der Waals surface area contributed by atoms with Crippen molar-refractivity contribution in [3.05, 3.63) is 58.3 Å². The van der Waals surface area contributed by atoms with Gasteiger partial charge in [-0.15, -0.1) is 11.8 Å². The average molecular weight is 344 g/mol. The van der Waals surface area contributed by atoms with Gasteiger partial charge >= 0.3 is 0 Å². The Morgan fingerprint density at radius 1 is 1.14 bits per heavy atom. The van der Waals surface area contributed by atoms with Gasteiger partial charge in [0, 0.05) is 10.6 Å². The van der Waals surface area contributed by atoms with Crippen molar-refractivity contribution < 1.29 is 9.18 Å². The second kappa shape index (κ2) is 7.16. The Labute approximate surface area is 136 Å². The van der Waals surface area contributed by atoms with E-state index in [4.69, 9.17) is 23.2 Å². The first-order chi connectivity index (χ1) is 9.97. The Morgan fingerprint density at radius 3 is 2.29 bits per heavy atom. The van der Waals surface area contributed by atoms with Crippen LogP contribution in [0.15, 0.2) is 47.4 Å². The maximum absolute atomic E-state index is 12.8. The third kappa shape index (κ3) is 4.37. The molecular weight excluding hydrogens is 332 g/mol. The maximum atomic E-state index is 12.8. The van der Waals surface area contributed by atoms with Crippen LogP contribution in [0.5, 0.6) is 0 Å². The van der Waals surface area contributed by atoms with Gasteiger partial charge in [0.05, 0.1) is 15.3 Å². The van der Waals surface area contributed by atoms with E-state index < -0.39 is 5.25 Å². The van der Waals surface area contributed by atoms with Gasteiger partial charge in [-0.2, -0.15) is 0 Å². The van der Waals surface area contributed by atoms with Crippen molar-refractivity contribution in [2.45, 2.75) is 17.1 Å². The summed E-state index contributed by atoms with van der Waals surface area (Å²) in [5.74, 6) is -0.555. The number of rotatable bonds is 4. The van der Waals surface area contributed by atoms with E-state index in [1.54, 1.807) is 25.1 Å². The normalized spacial score (nSPS) is 12.0. The van der Waals surface area contributed by atoms with Crippen molar-refractivity contribution in [1.29, 1.82) is 0 Å². The van der Waals surface area contributed by atoms with E-state index in [1.807, 2.05) is 0 Å². The summed E-state index contributed by atoms with van der Waals surface area (Å²) in [6.07, 6.45) is 0. The first-order valence-electron chi connectivity index (χ1n) is 6.14. The molecule has 0 aliphatic carbocycles. The number of thioether (sulfide) groups is 1. The molecule has 2 aromatic rings. The zero-order chi connectivity index (χ0) is 15.4. The molecule has 0 aromatic heterocycles. The first kappa shape index (κ1) is 16.1. The zero-order valence-corrected chi connectivity index (χ0v) is 13.4. The molecule has 1 atom stereocenters. The lowest BCUT2D eigenvalue weighted by atomic mass is 10.3. The molecule has 0 spiro atoms. The van der Waals surface area contributed by atoms with E-state index in [2.05, 4.69) is 5.32 Å². The first-order valence-corrected chi connectivity index (χ1v) is 7.78. The number of nitrogens with one attached hydrogen (secondary N) is 1. The van der Waals surface area contributed by atoms with Gasteiger partial charge in [-0.3, -0.25) is 4.79 Å². The van der Waals surface area contributed by atoms with Crippen molar-refractivity contribution in [2.24, 2.45) is 0 Å². The molecule has 0 saturated heterocycles. The van der Waals surface area contributed by atoms with Crippen LogP contribution >= 0.6 is 35.0 Å². The number of amides is 1. The molecular formula is C15H12Cl2FNOS. The predicted octanol–water partition coefficient (Wildman–Crippen LogP) is 5.25. The summed E-state index contributed by atoms with van der Waals surface area (Å²) in [6, 6.07) is 10.8. The molecule has 1 N–H and O–H groups in total. The lowest BCUT2D eigenvalue weighted by Crippen LogP contribution is -2.22. The molecule has 0 saturated carbocycles. The summed E-state index contributed by atoms with van der Waals surface area (Å²) in [5.41, 5.74) is 0.541. The zero-order valence-electron chi connectivity index (χ0n) is 11.1. The van der Waals surface area contributed by atoms with E-state index in [9.17, 15) is 9.18 Å². The van der Waals surface area contributed by atoms with Crippen LogP contribution in [0.4, 0.5) is 10.1 Å². The number of anilines is 1. The number of carbonyl (C=O) groups excluding carboxylic acids is 1. The highest BCUT2D eigenvalue weighted by Gasteiger charge is 2.18. The summed E-state index contributed by atoms with van der Waals surface area (Å²) >= 11 is 13.4. The topological polar surface area (TPSA) is 29.1 Å². The molecule has 0 unspecified atom stereocenters. The highest BCUT2D eigenvalue weighted by molar-refractivity contribution is 8.00. The van der Waals surface area contributed by atoms with Crippen LogP contribution in [-0.4, -0.2) is 11.2 Å². The van der Waals surface area contributed by atoms with Crippen molar-refractivity contribution in [3.8, 4) is 0 Å². The predicted molar refractivity (Wildman–Crippen MR) is 86.8 cm³/mol. The minimum absolute atomic E-state index is 0.206. The second-order valence-corrected chi connectivity index (χ2v) is 6.47. The Hall–Kier alpha value is -1.23. The van der Waals surface area contributed by atoms with Gasteiger partial charge in [-0.25, -0.2) is 4.39 Å². The van der Waals surface area contributed by atoms with E-state index in [1.165, 1.54) is 36.0 Å². The SMILES string of the molecule is C[C@@H](Sc1c(Cl)cccc1Cl)C(=O)Nc1ccc(F)cc1. The van der Waals surface area contributed by atoms with Gasteiger partial charge in [-0.1, -0.05) is 29.3 Å². The molecule has 0 fully saturated rings. The number of hydrogen-bond acceptors (Lipinski definition) is 2. The molecule has 0 radical (unpaired) electrons. The van der Waals surface area contributed by atoms with Crippen LogP contribution in [0.2, 0.25) is 10.0 Å². The van der Waals surface area contributed by atoms with Gasteiger partial charge < -0.3 is 5.32 Å². The van der Waals surface area contributed by atoms with Crippen LogP contribution in [0, 0.1) is 5.82 Å². The highest BCUT2D eigenvalue weighted by Crippen LogP contribution is 2.36. The molecule has 6 heteroatoms. The number of carbonyl (C=O) groups is 1. The van der Waals surface area contributed by atoms with Gasteiger partial charge in [0.1, 0.15) is 5.82 Å². The van der Waals surface area contributed by atoms with Crippen molar-refractivity contribution >= 4 is 46.6 Å². The Bertz CT molecular complexity index is 628. The Morgan fingerprint density at radius 2 is 1.71 bits per heavy atom. The molecule has 2 rings (SSSR count). The van der Waals surface area contributed by atoms with Crippen LogP contribution in [-0.2, 0) is 4.79 Å². The third-order valence-electron chi connectivity index (χ3n) is 2.69. The minimum Gasteiger partial charge on any atom is -0.325 e. The summed E-state index contributed by atoms with van der Waals surface area (Å²) < 4.78 is 12.8. The lowest BCUT2D eigenvalue weighted by Gasteiger charge is -2.13.